The number of rotatable bonds is 6. The van der Waals surface area contributed by atoms with E-state index in [1.165, 1.54) is 29.6 Å². The number of carbonyl (C=O) groups excluding carboxylic acids is 1. The molecule has 0 spiro atoms. The standard InChI is InChI=1S/C15H21ClN2O5S/c1-23-14-5-4-12(9-13(14)16)24(21,22)18-7-2-3-11(10-18)15(20)17-6-8-19/h4-5,9,11,19H,2-3,6-8,10H2,1H3,(H,17,20). The maximum Gasteiger partial charge on any atom is 0.243 e. The highest BCUT2D eigenvalue weighted by molar-refractivity contribution is 7.89. The SMILES string of the molecule is COc1ccc(S(=O)(=O)N2CCCC(C(=O)NCCO)C2)cc1Cl. The van der Waals surface area contributed by atoms with Crippen molar-refractivity contribution >= 4 is 27.5 Å². The lowest BCUT2D eigenvalue weighted by atomic mass is 9.99. The number of hydrogen-bond acceptors (Lipinski definition) is 5. The number of nitrogens with one attached hydrogen (secondary N) is 1. The molecule has 24 heavy (non-hydrogen) atoms. The monoisotopic (exact) mass is 376 g/mol. The van der Waals surface area contributed by atoms with Gasteiger partial charge in [0.05, 0.1) is 29.6 Å². The highest BCUT2D eigenvalue weighted by Crippen LogP contribution is 2.30. The summed E-state index contributed by atoms with van der Waals surface area (Å²) in [4.78, 5) is 12.1. The number of nitrogens with zero attached hydrogens (tertiary/aromatic N) is 1. The number of amides is 1. The van der Waals surface area contributed by atoms with Gasteiger partial charge in [-0.05, 0) is 31.0 Å². The molecule has 0 aromatic heterocycles. The van der Waals surface area contributed by atoms with Crippen molar-refractivity contribution in [1.82, 2.24) is 9.62 Å². The van der Waals surface area contributed by atoms with Crippen molar-refractivity contribution in [2.75, 3.05) is 33.4 Å². The summed E-state index contributed by atoms with van der Waals surface area (Å²) >= 11 is 6.02. The third kappa shape index (κ3) is 4.18. The van der Waals surface area contributed by atoms with E-state index in [2.05, 4.69) is 5.32 Å². The molecule has 1 saturated heterocycles. The van der Waals surface area contributed by atoms with Gasteiger partial charge in [0.1, 0.15) is 5.75 Å². The van der Waals surface area contributed by atoms with Crippen LogP contribution in [0.5, 0.6) is 5.75 Å². The Kier molecular flexibility index (Phi) is 6.45. The summed E-state index contributed by atoms with van der Waals surface area (Å²) in [6.07, 6.45) is 1.22. The number of benzene rings is 1. The average molecular weight is 377 g/mol. The van der Waals surface area contributed by atoms with E-state index in [1.54, 1.807) is 0 Å². The lowest BCUT2D eigenvalue weighted by Crippen LogP contribution is -2.45. The zero-order valence-electron chi connectivity index (χ0n) is 13.4. The molecule has 0 saturated carbocycles. The van der Waals surface area contributed by atoms with Gasteiger partial charge >= 0.3 is 0 Å². The van der Waals surface area contributed by atoms with Crippen molar-refractivity contribution in [3.05, 3.63) is 23.2 Å². The van der Waals surface area contributed by atoms with Crippen LogP contribution >= 0.6 is 11.6 Å². The maximum atomic E-state index is 12.8. The van der Waals surface area contributed by atoms with Crippen LogP contribution in [0.4, 0.5) is 0 Å². The minimum atomic E-state index is -3.73. The van der Waals surface area contributed by atoms with E-state index >= 15 is 0 Å². The first-order valence-electron chi connectivity index (χ1n) is 7.62. The molecule has 1 aromatic carbocycles. The van der Waals surface area contributed by atoms with Crippen molar-refractivity contribution < 1.29 is 23.1 Å². The van der Waals surface area contributed by atoms with Gasteiger partial charge in [-0.3, -0.25) is 4.79 Å². The van der Waals surface area contributed by atoms with Crippen LogP contribution in [0.3, 0.4) is 0 Å². The second-order valence-corrected chi connectivity index (χ2v) is 7.86. The number of halogens is 1. The molecule has 0 radical (unpaired) electrons. The topological polar surface area (TPSA) is 95.9 Å². The predicted molar refractivity (Wildman–Crippen MR) is 89.6 cm³/mol. The number of aliphatic hydroxyl groups is 1. The number of sulfonamides is 1. The van der Waals surface area contributed by atoms with Gasteiger partial charge in [-0.2, -0.15) is 4.31 Å². The molecule has 1 aliphatic rings. The molecule has 1 unspecified atom stereocenters. The molecular formula is C15H21ClN2O5S. The summed E-state index contributed by atoms with van der Waals surface area (Å²) < 4.78 is 31.9. The van der Waals surface area contributed by atoms with Gasteiger partial charge in [0.15, 0.2) is 0 Å². The Morgan fingerprint density at radius 1 is 1.50 bits per heavy atom. The molecular weight excluding hydrogens is 356 g/mol. The van der Waals surface area contributed by atoms with Gasteiger partial charge in [0.2, 0.25) is 15.9 Å². The molecule has 0 aliphatic carbocycles. The minimum Gasteiger partial charge on any atom is -0.495 e. The summed E-state index contributed by atoms with van der Waals surface area (Å²) in [5.74, 6) is -0.263. The molecule has 1 amide bonds. The Hall–Kier alpha value is -1.35. The highest BCUT2D eigenvalue weighted by atomic mass is 35.5. The van der Waals surface area contributed by atoms with E-state index in [0.717, 1.165) is 0 Å². The fourth-order valence-corrected chi connectivity index (χ4v) is 4.53. The second kappa shape index (κ2) is 8.15. The van der Waals surface area contributed by atoms with E-state index in [9.17, 15) is 13.2 Å². The molecule has 2 rings (SSSR count). The van der Waals surface area contributed by atoms with Crippen LogP contribution in [0.25, 0.3) is 0 Å². The predicted octanol–water partition coefficient (Wildman–Crippen LogP) is 0.858. The van der Waals surface area contributed by atoms with Crippen molar-refractivity contribution in [1.29, 1.82) is 0 Å². The lowest BCUT2D eigenvalue weighted by molar-refractivity contribution is -0.126. The number of aliphatic hydroxyl groups excluding tert-OH is 1. The Balaban J connectivity index is 2.16. The molecule has 1 heterocycles. The number of hydrogen-bond donors (Lipinski definition) is 2. The average Bonchev–Trinajstić information content (AvgIpc) is 2.59. The summed E-state index contributed by atoms with van der Waals surface area (Å²) in [7, 11) is -2.28. The first-order valence-corrected chi connectivity index (χ1v) is 9.44. The molecule has 9 heteroatoms. The van der Waals surface area contributed by atoms with E-state index in [4.69, 9.17) is 21.4 Å². The Morgan fingerprint density at radius 3 is 2.88 bits per heavy atom. The van der Waals surface area contributed by atoms with Gasteiger partial charge < -0.3 is 15.2 Å². The molecule has 2 N–H and O–H groups in total. The van der Waals surface area contributed by atoms with Crippen LogP contribution in [-0.4, -0.2) is 57.1 Å². The summed E-state index contributed by atoms with van der Waals surface area (Å²) in [5, 5.41) is 11.6. The fourth-order valence-electron chi connectivity index (χ4n) is 2.65. The van der Waals surface area contributed by atoms with Crippen molar-refractivity contribution in [2.45, 2.75) is 17.7 Å². The number of ether oxygens (including phenoxy) is 1. The zero-order chi connectivity index (χ0) is 17.7. The minimum absolute atomic E-state index is 0.0738. The van der Waals surface area contributed by atoms with Gasteiger partial charge in [0, 0.05) is 19.6 Å². The highest BCUT2D eigenvalue weighted by Gasteiger charge is 2.33. The quantitative estimate of drug-likeness (QED) is 0.767. The third-order valence-corrected chi connectivity index (χ3v) is 6.08. The fraction of sp³-hybridized carbons (Fsp3) is 0.533. The first-order chi connectivity index (χ1) is 11.4. The van der Waals surface area contributed by atoms with Gasteiger partial charge in [0.25, 0.3) is 0 Å². The molecule has 0 bridgehead atoms. The van der Waals surface area contributed by atoms with Crippen LogP contribution in [-0.2, 0) is 14.8 Å². The Bertz CT molecular complexity index is 695. The Labute approximate surface area is 146 Å². The van der Waals surface area contributed by atoms with Crippen LogP contribution < -0.4 is 10.1 Å². The van der Waals surface area contributed by atoms with Crippen LogP contribution in [0.1, 0.15) is 12.8 Å². The number of carbonyl (C=O) groups is 1. The second-order valence-electron chi connectivity index (χ2n) is 5.51. The van der Waals surface area contributed by atoms with E-state index < -0.39 is 15.9 Å². The van der Waals surface area contributed by atoms with E-state index in [0.29, 0.717) is 25.1 Å². The smallest absolute Gasteiger partial charge is 0.243 e. The Morgan fingerprint density at radius 2 is 2.25 bits per heavy atom. The van der Waals surface area contributed by atoms with Crippen LogP contribution in [0.2, 0.25) is 5.02 Å². The van der Waals surface area contributed by atoms with E-state index in [-0.39, 0.29) is 35.5 Å². The lowest BCUT2D eigenvalue weighted by Gasteiger charge is -2.31. The molecule has 1 fully saturated rings. The third-order valence-electron chi connectivity index (χ3n) is 3.93. The first kappa shape index (κ1) is 19.0. The van der Waals surface area contributed by atoms with Crippen LogP contribution in [0.15, 0.2) is 23.1 Å². The molecule has 134 valence electrons. The molecule has 1 aliphatic heterocycles. The van der Waals surface area contributed by atoms with Gasteiger partial charge in [-0.25, -0.2) is 8.42 Å². The molecule has 1 aromatic rings. The van der Waals surface area contributed by atoms with Crippen LogP contribution in [0, 0.1) is 5.92 Å². The van der Waals surface area contributed by atoms with Crippen molar-refractivity contribution in [2.24, 2.45) is 5.92 Å². The summed E-state index contributed by atoms with van der Waals surface area (Å²) in [6, 6.07) is 4.30. The number of methoxy groups -OCH3 is 1. The number of piperidine rings is 1. The molecule has 1 atom stereocenters. The van der Waals surface area contributed by atoms with Crippen molar-refractivity contribution in [3.8, 4) is 5.75 Å². The van der Waals surface area contributed by atoms with E-state index in [1.807, 2.05) is 0 Å². The normalized spacial score (nSPS) is 19.0. The maximum absolute atomic E-state index is 12.8. The summed E-state index contributed by atoms with van der Waals surface area (Å²) in [6.45, 7) is 0.486. The van der Waals surface area contributed by atoms with Gasteiger partial charge in [-0.1, -0.05) is 11.6 Å². The van der Waals surface area contributed by atoms with Gasteiger partial charge in [-0.15, -0.1) is 0 Å². The summed E-state index contributed by atoms with van der Waals surface area (Å²) in [5.41, 5.74) is 0. The van der Waals surface area contributed by atoms with Crippen molar-refractivity contribution in [3.63, 3.8) is 0 Å². The largest absolute Gasteiger partial charge is 0.495 e. The molecule has 7 nitrogen and oxygen atoms in total. The zero-order valence-corrected chi connectivity index (χ0v) is 14.9.